The minimum Gasteiger partial charge on any atom is -0.494 e. The average Bonchev–Trinajstić information content (AvgIpc) is 2.95. The van der Waals surface area contributed by atoms with Crippen molar-refractivity contribution in [3.05, 3.63) is 89.7 Å². The van der Waals surface area contributed by atoms with Gasteiger partial charge in [0, 0.05) is 12.6 Å². The van der Waals surface area contributed by atoms with Crippen molar-refractivity contribution in [3.63, 3.8) is 0 Å². The van der Waals surface area contributed by atoms with Gasteiger partial charge in [0.2, 0.25) is 11.8 Å². The predicted molar refractivity (Wildman–Crippen MR) is 158 cm³/mol. The van der Waals surface area contributed by atoms with E-state index in [9.17, 15) is 22.4 Å². The van der Waals surface area contributed by atoms with Crippen LogP contribution in [0.1, 0.15) is 45.2 Å². The number of hydrogen-bond donors (Lipinski definition) is 1. The number of anilines is 1. The Morgan fingerprint density at radius 3 is 2.10 bits per heavy atom. The summed E-state index contributed by atoms with van der Waals surface area (Å²) in [5, 5.41) is 2.91. The van der Waals surface area contributed by atoms with E-state index in [0.717, 1.165) is 39.7 Å². The topological polar surface area (TPSA) is 96.0 Å². The third-order valence-electron chi connectivity index (χ3n) is 6.76. The normalized spacial score (nSPS) is 12.7. The minimum absolute atomic E-state index is 0.0968. The summed E-state index contributed by atoms with van der Waals surface area (Å²) in [7, 11) is -4.29. The molecule has 0 fully saturated rings. The lowest BCUT2D eigenvalue weighted by Crippen LogP contribution is -2.52. The van der Waals surface area contributed by atoms with Crippen molar-refractivity contribution in [2.75, 3.05) is 17.5 Å². The first-order valence-electron chi connectivity index (χ1n) is 13.6. The first-order valence-corrected chi connectivity index (χ1v) is 15.1. The Bertz CT molecular complexity index is 1410. The van der Waals surface area contributed by atoms with E-state index in [2.05, 4.69) is 5.32 Å². The lowest BCUT2D eigenvalue weighted by molar-refractivity contribution is -0.139. The fraction of sp³-hybridized carbons (Fsp3) is 0.355. The van der Waals surface area contributed by atoms with E-state index in [-0.39, 0.29) is 29.1 Å². The van der Waals surface area contributed by atoms with Gasteiger partial charge in [0.05, 0.1) is 17.2 Å². The van der Waals surface area contributed by atoms with Gasteiger partial charge in [-0.3, -0.25) is 13.9 Å². The first kappa shape index (κ1) is 31.6. The number of hydrogen-bond acceptors (Lipinski definition) is 5. The van der Waals surface area contributed by atoms with E-state index < -0.39 is 34.3 Å². The predicted octanol–water partition coefficient (Wildman–Crippen LogP) is 5.06. The number of halogens is 1. The molecule has 3 aromatic rings. The van der Waals surface area contributed by atoms with Gasteiger partial charge in [-0.1, -0.05) is 36.8 Å². The van der Waals surface area contributed by atoms with Crippen LogP contribution < -0.4 is 14.4 Å². The molecule has 0 unspecified atom stereocenters. The zero-order chi connectivity index (χ0) is 30.2. The maximum Gasteiger partial charge on any atom is 0.264 e. The van der Waals surface area contributed by atoms with Crippen LogP contribution in [0.15, 0.2) is 77.7 Å². The number of nitrogens with zero attached hydrogens (tertiary/aromatic N) is 2. The Hall–Kier alpha value is -3.92. The Labute approximate surface area is 242 Å². The van der Waals surface area contributed by atoms with Crippen molar-refractivity contribution >= 4 is 27.5 Å². The minimum atomic E-state index is -4.29. The molecule has 0 bridgehead atoms. The monoisotopic (exact) mass is 583 g/mol. The highest BCUT2D eigenvalue weighted by atomic mass is 32.2. The number of benzene rings is 3. The van der Waals surface area contributed by atoms with E-state index in [1.54, 1.807) is 31.2 Å². The third-order valence-corrected chi connectivity index (χ3v) is 8.55. The van der Waals surface area contributed by atoms with Gasteiger partial charge >= 0.3 is 0 Å². The standard InChI is InChI=1S/C31H38FN3O5S/c1-6-23(4)33-31(37)24(5)34(20-25-10-8-22(3)9-11-25)30(36)21-35(27-14-16-28(17-15-27)40-7-2)41(38,39)29-18-12-26(32)13-19-29/h8-19,23-24H,6-7,20-21H2,1-5H3,(H,33,37)/t23-,24-/m0/s1. The fourth-order valence-corrected chi connectivity index (χ4v) is 5.49. The summed E-state index contributed by atoms with van der Waals surface area (Å²) >= 11 is 0. The Balaban J connectivity index is 2.02. The van der Waals surface area contributed by atoms with Crippen LogP contribution in [-0.4, -0.2) is 50.4 Å². The molecule has 0 spiro atoms. The summed E-state index contributed by atoms with van der Waals surface area (Å²) < 4.78 is 47.7. The van der Waals surface area contributed by atoms with Crippen molar-refractivity contribution in [2.45, 2.75) is 64.6 Å². The van der Waals surface area contributed by atoms with Crippen LogP contribution in [0.3, 0.4) is 0 Å². The Morgan fingerprint density at radius 1 is 0.927 bits per heavy atom. The molecule has 0 radical (unpaired) electrons. The second-order valence-corrected chi connectivity index (χ2v) is 11.8. The van der Waals surface area contributed by atoms with Gasteiger partial charge in [-0.2, -0.15) is 0 Å². The van der Waals surface area contributed by atoms with Crippen molar-refractivity contribution in [2.24, 2.45) is 0 Å². The molecule has 0 aromatic heterocycles. The molecule has 1 N–H and O–H groups in total. The summed E-state index contributed by atoms with van der Waals surface area (Å²) in [4.78, 5) is 28.3. The number of nitrogens with one attached hydrogen (secondary N) is 1. The van der Waals surface area contributed by atoms with Crippen LogP contribution in [0.4, 0.5) is 10.1 Å². The molecule has 0 aliphatic carbocycles. The second kappa shape index (κ2) is 14.1. The molecule has 3 aromatic carbocycles. The first-order chi connectivity index (χ1) is 19.5. The lowest BCUT2D eigenvalue weighted by atomic mass is 10.1. The average molecular weight is 584 g/mol. The van der Waals surface area contributed by atoms with Crippen LogP contribution >= 0.6 is 0 Å². The van der Waals surface area contributed by atoms with E-state index in [0.29, 0.717) is 18.8 Å². The lowest BCUT2D eigenvalue weighted by Gasteiger charge is -2.32. The van der Waals surface area contributed by atoms with E-state index in [4.69, 9.17) is 4.74 Å². The SMILES string of the molecule is CCOc1ccc(N(CC(=O)N(Cc2ccc(C)cc2)[C@@H](C)C(=O)N[C@@H](C)CC)S(=O)(=O)c2ccc(F)cc2)cc1. The van der Waals surface area contributed by atoms with Crippen molar-refractivity contribution in [1.29, 1.82) is 0 Å². The zero-order valence-electron chi connectivity index (χ0n) is 24.1. The highest BCUT2D eigenvalue weighted by Gasteiger charge is 2.32. The van der Waals surface area contributed by atoms with Gasteiger partial charge in [0.25, 0.3) is 10.0 Å². The zero-order valence-corrected chi connectivity index (χ0v) is 24.9. The Kier molecular flexibility index (Phi) is 10.9. The number of ether oxygens (including phenoxy) is 1. The van der Waals surface area contributed by atoms with Gasteiger partial charge in [-0.05, 0) is 88.2 Å². The van der Waals surface area contributed by atoms with Gasteiger partial charge in [0.15, 0.2) is 0 Å². The molecule has 8 nitrogen and oxygen atoms in total. The number of carbonyl (C=O) groups excluding carboxylic acids is 2. The molecule has 0 saturated carbocycles. The van der Waals surface area contributed by atoms with Gasteiger partial charge in [-0.15, -0.1) is 0 Å². The summed E-state index contributed by atoms with van der Waals surface area (Å²) in [6.07, 6.45) is 0.714. The molecule has 220 valence electrons. The van der Waals surface area contributed by atoms with E-state index in [1.165, 1.54) is 4.90 Å². The summed E-state index contributed by atoms with van der Waals surface area (Å²) in [6, 6.07) is 17.3. The fourth-order valence-electron chi connectivity index (χ4n) is 4.08. The van der Waals surface area contributed by atoms with Gasteiger partial charge in [-0.25, -0.2) is 12.8 Å². The maximum atomic E-state index is 14.0. The molecule has 41 heavy (non-hydrogen) atoms. The van der Waals surface area contributed by atoms with E-state index >= 15 is 0 Å². The summed E-state index contributed by atoms with van der Waals surface area (Å²) in [6.45, 7) is 9.17. The molecule has 0 aliphatic rings. The molecule has 0 aliphatic heterocycles. The molecular formula is C31H38FN3O5S. The largest absolute Gasteiger partial charge is 0.494 e. The highest BCUT2D eigenvalue weighted by molar-refractivity contribution is 7.92. The number of carbonyl (C=O) groups is 2. The smallest absolute Gasteiger partial charge is 0.264 e. The van der Waals surface area contributed by atoms with E-state index in [1.807, 2.05) is 52.0 Å². The molecule has 2 amide bonds. The van der Waals surface area contributed by atoms with Crippen molar-refractivity contribution < 1.29 is 27.1 Å². The summed E-state index contributed by atoms with van der Waals surface area (Å²) in [5.41, 5.74) is 2.06. The molecule has 10 heteroatoms. The number of rotatable bonds is 13. The van der Waals surface area contributed by atoms with Crippen LogP contribution in [0.5, 0.6) is 5.75 Å². The highest BCUT2D eigenvalue weighted by Crippen LogP contribution is 2.27. The molecule has 2 atom stereocenters. The van der Waals surface area contributed by atoms with Crippen LogP contribution in [-0.2, 0) is 26.2 Å². The van der Waals surface area contributed by atoms with Crippen LogP contribution in [0, 0.1) is 12.7 Å². The second-order valence-electron chi connectivity index (χ2n) is 9.89. The van der Waals surface area contributed by atoms with Crippen LogP contribution in [0.25, 0.3) is 0 Å². The van der Waals surface area contributed by atoms with Gasteiger partial charge < -0.3 is 15.0 Å². The Morgan fingerprint density at radius 2 is 1.54 bits per heavy atom. The number of sulfonamides is 1. The molecular weight excluding hydrogens is 545 g/mol. The third kappa shape index (κ3) is 8.29. The maximum absolute atomic E-state index is 14.0. The quantitative estimate of drug-likeness (QED) is 0.304. The van der Waals surface area contributed by atoms with Crippen LogP contribution in [0.2, 0.25) is 0 Å². The molecule has 0 heterocycles. The molecule has 3 rings (SSSR count). The molecule has 0 saturated heterocycles. The van der Waals surface area contributed by atoms with Crippen molar-refractivity contribution in [3.8, 4) is 5.75 Å². The number of amides is 2. The van der Waals surface area contributed by atoms with Gasteiger partial charge in [0.1, 0.15) is 24.2 Å². The summed E-state index contributed by atoms with van der Waals surface area (Å²) in [5.74, 6) is -0.957. The number of aryl methyl sites for hydroxylation is 1. The van der Waals surface area contributed by atoms with Crippen molar-refractivity contribution in [1.82, 2.24) is 10.2 Å².